The Morgan fingerprint density at radius 3 is 3.05 bits per heavy atom. The molecule has 0 bridgehead atoms. The van der Waals surface area contributed by atoms with Gasteiger partial charge in [0.05, 0.1) is 7.11 Å². The lowest BCUT2D eigenvalue weighted by atomic mass is 9.96. The molecule has 116 valence electrons. The second-order valence-corrected chi connectivity index (χ2v) is 5.45. The zero-order valence-corrected chi connectivity index (χ0v) is 12.8. The lowest BCUT2D eigenvalue weighted by Crippen LogP contribution is -2.39. The third kappa shape index (κ3) is 2.66. The average Bonchev–Trinajstić information content (AvgIpc) is 3.00. The monoisotopic (exact) mass is 301 g/mol. The van der Waals surface area contributed by atoms with E-state index in [2.05, 4.69) is 15.2 Å². The molecule has 2 aromatic rings. The van der Waals surface area contributed by atoms with Crippen LogP contribution in [0.3, 0.4) is 0 Å². The first-order valence-electron chi connectivity index (χ1n) is 7.33. The molecular weight excluding hydrogens is 282 g/mol. The molecule has 1 aliphatic rings. The Bertz CT molecular complexity index is 669. The van der Waals surface area contributed by atoms with Gasteiger partial charge in [0.1, 0.15) is 17.7 Å². The molecule has 0 unspecified atom stereocenters. The van der Waals surface area contributed by atoms with E-state index in [1.165, 1.54) is 7.11 Å². The van der Waals surface area contributed by atoms with Crippen molar-refractivity contribution in [2.75, 3.05) is 20.2 Å². The number of rotatable bonds is 3. The number of hydrogen-bond donors (Lipinski definition) is 0. The van der Waals surface area contributed by atoms with Gasteiger partial charge in [0.2, 0.25) is 5.88 Å². The maximum Gasteiger partial charge on any atom is 0.259 e. The van der Waals surface area contributed by atoms with Gasteiger partial charge in [0.15, 0.2) is 0 Å². The highest BCUT2D eigenvalue weighted by Crippen LogP contribution is 2.27. The predicted octanol–water partition coefficient (Wildman–Crippen LogP) is 1.24. The molecule has 1 atom stereocenters. The molecular formula is C15H19N5O2. The van der Waals surface area contributed by atoms with E-state index in [0.717, 1.165) is 25.2 Å². The first-order valence-corrected chi connectivity index (χ1v) is 7.33. The number of methoxy groups -OCH3 is 1. The Kier molecular flexibility index (Phi) is 4.04. The van der Waals surface area contributed by atoms with E-state index in [4.69, 9.17) is 4.74 Å². The third-order valence-electron chi connectivity index (χ3n) is 4.02. The van der Waals surface area contributed by atoms with Crippen LogP contribution in [0.2, 0.25) is 0 Å². The fourth-order valence-corrected chi connectivity index (χ4v) is 2.92. The molecule has 1 aliphatic heterocycles. The number of hydrogen-bond acceptors (Lipinski definition) is 5. The van der Waals surface area contributed by atoms with Crippen LogP contribution in [0.15, 0.2) is 24.7 Å². The summed E-state index contributed by atoms with van der Waals surface area (Å²) in [6.07, 6.45) is 5.28. The van der Waals surface area contributed by atoms with Crippen molar-refractivity contribution in [2.45, 2.75) is 18.8 Å². The van der Waals surface area contributed by atoms with Gasteiger partial charge in [-0.1, -0.05) is 0 Å². The van der Waals surface area contributed by atoms with Gasteiger partial charge in [-0.3, -0.25) is 4.79 Å². The first-order chi connectivity index (χ1) is 10.7. The van der Waals surface area contributed by atoms with Gasteiger partial charge in [-0.2, -0.15) is 0 Å². The lowest BCUT2D eigenvalue weighted by molar-refractivity contribution is 0.0699. The smallest absolute Gasteiger partial charge is 0.259 e. The highest BCUT2D eigenvalue weighted by molar-refractivity contribution is 5.96. The molecule has 22 heavy (non-hydrogen) atoms. The van der Waals surface area contributed by atoms with Gasteiger partial charge in [0, 0.05) is 32.3 Å². The molecule has 1 fully saturated rings. The highest BCUT2D eigenvalue weighted by Gasteiger charge is 2.29. The minimum Gasteiger partial charge on any atom is -0.480 e. The van der Waals surface area contributed by atoms with E-state index >= 15 is 0 Å². The van der Waals surface area contributed by atoms with Crippen LogP contribution in [0.4, 0.5) is 0 Å². The van der Waals surface area contributed by atoms with E-state index in [9.17, 15) is 4.79 Å². The highest BCUT2D eigenvalue weighted by atomic mass is 16.5. The van der Waals surface area contributed by atoms with Crippen LogP contribution in [0.5, 0.6) is 5.88 Å². The van der Waals surface area contributed by atoms with Gasteiger partial charge in [-0.05, 0) is 25.0 Å². The molecule has 3 rings (SSSR count). The van der Waals surface area contributed by atoms with Crippen LogP contribution in [-0.4, -0.2) is 50.8 Å². The van der Waals surface area contributed by atoms with Crippen molar-refractivity contribution in [3.63, 3.8) is 0 Å². The van der Waals surface area contributed by atoms with Crippen molar-refractivity contribution in [1.29, 1.82) is 0 Å². The van der Waals surface area contributed by atoms with Gasteiger partial charge >= 0.3 is 0 Å². The number of aryl methyl sites for hydroxylation is 1. The fourth-order valence-electron chi connectivity index (χ4n) is 2.92. The second-order valence-electron chi connectivity index (χ2n) is 5.45. The minimum absolute atomic E-state index is 0.0446. The molecule has 0 radical (unpaired) electrons. The Morgan fingerprint density at radius 1 is 1.45 bits per heavy atom. The largest absolute Gasteiger partial charge is 0.480 e. The average molecular weight is 301 g/mol. The number of aromatic nitrogens is 4. The van der Waals surface area contributed by atoms with Crippen LogP contribution >= 0.6 is 0 Å². The van der Waals surface area contributed by atoms with E-state index in [1.54, 1.807) is 24.7 Å². The van der Waals surface area contributed by atoms with Gasteiger partial charge in [-0.25, -0.2) is 4.98 Å². The van der Waals surface area contributed by atoms with Crippen molar-refractivity contribution >= 4 is 5.91 Å². The van der Waals surface area contributed by atoms with Crippen molar-refractivity contribution in [1.82, 2.24) is 24.6 Å². The zero-order chi connectivity index (χ0) is 15.5. The van der Waals surface area contributed by atoms with Gasteiger partial charge in [0.25, 0.3) is 5.91 Å². The second kappa shape index (κ2) is 6.13. The SMILES string of the molecule is COc1ncccc1C(=O)N1CCC[C@H](c2nncn2C)C1. The summed E-state index contributed by atoms with van der Waals surface area (Å²) in [6, 6.07) is 3.50. The van der Waals surface area contributed by atoms with E-state index in [1.807, 2.05) is 16.5 Å². The minimum atomic E-state index is -0.0446. The summed E-state index contributed by atoms with van der Waals surface area (Å²) < 4.78 is 7.11. The van der Waals surface area contributed by atoms with E-state index in [0.29, 0.717) is 18.0 Å². The molecule has 2 aromatic heterocycles. The van der Waals surface area contributed by atoms with Gasteiger partial charge in [-0.15, -0.1) is 10.2 Å². The molecule has 1 amide bonds. The first kappa shape index (κ1) is 14.5. The summed E-state index contributed by atoms with van der Waals surface area (Å²) in [4.78, 5) is 18.7. The van der Waals surface area contributed by atoms with Crippen molar-refractivity contribution in [2.24, 2.45) is 7.05 Å². The number of likely N-dealkylation sites (tertiary alicyclic amines) is 1. The molecule has 0 aliphatic carbocycles. The fraction of sp³-hybridized carbons (Fsp3) is 0.467. The zero-order valence-electron chi connectivity index (χ0n) is 12.8. The maximum atomic E-state index is 12.7. The van der Waals surface area contributed by atoms with E-state index in [-0.39, 0.29) is 11.8 Å². The number of ether oxygens (including phenoxy) is 1. The van der Waals surface area contributed by atoms with E-state index < -0.39 is 0 Å². The Hall–Kier alpha value is -2.44. The molecule has 3 heterocycles. The van der Waals surface area contributed by atoms with Crippen molar-refractivity contribution in [3.8, 4) is 5.88 Å². The third-order valence-corrected chi connectivity index (χ3v) is 4.02. The standard InChI is InChI=1S/C15H19N5O2/c1-19-10-17-18-13(19)11-5-4-8-20(9-11)15(21)12-6-3-7-16-14(12)22-2/h3,6-7,10-11H,4-5,8-9H2,1-2H3/t11-/m0/s1. The van der Waals surface area contributed by atoms with Crippen LogP contribution in [0, 0.1) is 0 Å². The van der Waals surface area contributed by atoms with Crippen LogP contribution in [0.25, 0.3) is 0 Å². The molecule has 0 spiro atoms. The molecule has 7 heteroatoms. The summed E-state index contributed by atoms with van der Waals surface area (Å²) in [5.41, 5.74) is 0.503. The number of amides is 1. The number of nitrogens with zero attached hydrogens (tertiary/aromatic N) is 5. The maximum absolute atomic E-state index is 12.7. The summed E-state index contributed by atoms with van der Waals surface area (Å²) in [7, 11) is 3.46. The number of piperidine rings is 1. The molecule has 0 aromatic carbocycles. The molecule has 0 saturated carbocycles. The summed E-state index contributed by atoms with van der Waals surface area (Å²) >= 11 is 0. The molecule has 7 nitrogen and oxygen atoms in total. The topological polar surface area (TPSA) is 73.1 Å². The summed E-state index contributed by atoms with van der Waals surface area (Å²) in [6.45, 7) is 1.38. The quantitative estimate of drug-likeness (QED) is 0.853. The Morgan fingerprint density at radius 2 is 2.32 bits per heavy atom. The number of pyridine rings is 1. The van der Waals surface area contributed by atoms with Crippen LogP contribution in [0.1, 0.15) is 34.9 Å². The summed E-state index contributed by atoms with van der Waals surface area (Å²) in [5, 5.41) is 8.11. The van der Waals surface area contributed by atoms with Gasteiger partial charge < -0.3 is 14.2 Å². The molecule has 1 saturated heterocycles. The van der Waals surface area contributed by atoms with Crippen molar-refractivity contribution in [3.05, 3.63) is 36.0 Å². The predicted molar refractivity (Wildman–Crippen MR) is 79.7 cm³/mol. The normalized spacial score (nSPS) is 18.3. The lowest BCUT2D eigenvalue weighted by Gasteiger charge is -2.32. The van der Waals surface area contributed by atoms with Crippen molar-refractivity contribution < 1.29 is 9.53 Å². The van der Waals surface area contributed by atoms with Crippen LogP contribution in [-0.2, 0) is 7.05 Å². The molecule has 0 N–H and O–H groups in total. The Balaban J connectivity index is 1.80. The number of carbonyl (C=O) groups is 1. The Labute approximate surface area is 128 Å². The summed E-state index contributed by atoms with van der Waals surface area (Å²) in [5.74, 6) is 1.47. The van der Waals surface area contributed by atoms with Crippen LogP contribution < -0.4 is 4.74 Å². The number of carbonyl (C=O) groups excluding carboxylic acids is 1.